The minimum atomic E-state index is -1.05. The number of carboxylic acid groups (broad SMARTS) is 1. The van der Waals surface area contributed by atoms with Crippen LogP contribution < -0.4 is 0 Å². The molecule has 21 heavy (non-hydrogen) atoms. The summed E-state index contributed by atoms with van der Waals surface area (Å²) in [6, 6.07) is 6.59. The molecule has 116 valence electrons. The molecule has 1 atom stereocenters. The molecular weight excluding hydrogens is 275 g/mol. The van der Waals surface area contributed by atoms with Gasteiger partial charge in [-0.3, -0.25) is 9.59 Å². The number of halogens is 1. The van der Waals surface area contributed by atoms with Crippen molar-refractivity contribution in [2.24, 2.45) is 5.92 Å². The van der Waals surface area contributed by atoms with E-state index >= 15 is 0 Å². The largest absolute Gasteiger partial charge is 0.481 e. The molecule has 0 aliphatic rings. The van der Waals surface area contributed by atoms with Gasteiger partial charge in [0.15, 0.2) is 0 Å². The Balaban J connectivity index is 2.69. The predicted molar refractivity (Wildman–Crippen MR) is 76.5 cm³/mol. The van der Waals surface area contributed by atoms with Gasteiger partial charge in [-0.2, -0.15) is 0 Å². The zero-order chi connectivity index (χ0) is 16.0. The monoisotopic (exact) mass is 296 g/mol. The van der Waals surface area contributed by atoms with Crippen LogP contribution in [0.1, 0.15) is 38.3 Å². The zero-order valence-electron chi connectivity index (χ0n) is 12.6. The van der Waals surface area contributed by atoms with E-state index in [-0.39, 0.29) is 12.8 Å². The summed E-state index contributed by atoms with van der Waals surface area (Å²) in [5.74, 6) is -2.43. The van der Waals surface area contributed by atoms with Gasteiger partial charge in [-0.25, -0.2) is 4.39 Å². The Morgan fingerprint density at radius 2 is 1.71 bits per heavy atom. The lowest BCUT2D eigenvalue weighted by molar-refractivity contribution is -0.159. The predicted octanol–water partition coefficient (Wildman–Crippen LogP) is 3.13. The Morgan fingerprint density at radius 3 is 2.14 bits per heavy atom. The first kappa shape index (κ1) is 17.1. The zero-order valence-corrected chi connectivity index (χ0v) is 12.6. The first-order valence-corrected chi connectivity index (χ1v) is 6.79. The van der Waals surface area contributed by atoms with Crippen LogP contribution in [0.2, 0.25) is 0 Å². The van der Waals surface area contributed by atoms with Gasteiger partial charge in [0.25, 0.3) is 0 Å². The fourth-order valence-electron chi connectivity index (χ4n) is 1.88. The average Bonchev–Trinajstić information content (AvgIpc) is 2.36. The first-order valence-electron chi connectivity index (χ1n) is 6.79. The second-order valence-electron chi connectivity index (χ2n) is 5.98. The van der Waals surface area contributed by atoms with Gasteiger partial charge in [0.2, 0.25) is 0 Å². The minimum absolute atomic E-state index is 0.183. The molecule has 0 spiro atoms. The molecule has 1 aromatic carbocycles. The fraction of sp³-hybridized carbons (Fsp3) is 0.500. The van der Waals surface area contributed by atoms with Gasteiger partial charge in [0.05, 0.1) is 12.3 Å². The van der Waals surface area contributed by atoms with E-state index in [0.29, 0.717) is 5.56 Å². The molecule has 0 saturated heterocycles. The fourth-order valence-corrected chi connectivity index (χ4v) is 1.88. The van der Waals surface area contributed by atoms with E-state index < -0.39 is 30.1 Å². The van der Waals surface area contributed by atoms with Crippen molar-refractivity contribution in [1.82, 2.24) is 0 Å². The molecule has 5 heteroatoms. The number of hydrogen-bond donors (Lipinski definition) is 1. The average molecular weight is 296 g/mol. The van der Waals surface area contributed by atoms with Crippen molar-refractivity contribution >= 4 is 11.9 Å². The van der Waals surface area contributed by atoms with Crippen LogP contribution in [-0.2, 0) is 27.4 Å². The van der Waals surface area contributed by atoms with Gasteiger partial charge >= 0.3 is 11.9 Å². The van der Waals surface area contributed by atoms with E-state index in [4.69, 9.17) is 4.74 Å². The topological polar surface area (TPSA) is 63.6 Å². The Morgan fingerprint density at radius 1 is 1.19 bits per heavy atom. The Bertz CT molecular complexity index is 488. The van der Waals surface area contributed by atoms with Crippen molar-refractivity contribution in [2.75, 3.05) is 0 Å². The van der Waals surface area contributed by atoms with E-state index in [1.807, 2.05) is 0 Å². The maximum Gasteiger partial charge on any atom is 0.307 e. The summed E-state index contributed by atoms with van der Waals surface area (Å²) in [5, 5.41) is 9.21. The number of ether oxygens (including phenoxy) is 1. The summed E-state index contributed by atoms with van der Waals surface area (Å²) < 4.78 is 17.6. The van der Waals surface area contributed by atoms with Crippen LogP contribution in [0.25, 0.3) is 0 Å². The van der Waals surface area contributed by atoms with Gasteiger partial charge in [-0.05, 0) is 38.3 Å². The summed E-state index contributed by atoms with van der Waals surface area (Å²) in [4.78, 5) is 23.0. The van der Waals surface area contributed by atoms with Gasteiger partial charge < -0.3 is 9.84 Å². The summed E-state index contributed by atoms with van der Waals surface area (Å²) in [6.45, 7) is 4.64. The number of carbonyl (C=O) groups excluding carboxylic acids is 1. The molecule has 0 unspecified atom stereocenters. The first-order chi connectivity index (χ1) is 9.71. The van der Waals surface area contributed by atoms with Crippen LogP contribution in [0, 0.1) is 5.92 Å². The van der Waals surface area contributed by atoms with Crippen molar-refractivity contribution in [3.05, 3.63) is 35.4 Å². The number of rotatable bonds is 6. The molecule has 0 amide bonds. The molecule has 0 aliphatic heterocycles. The van der Waals surface area contributed by atoms with Crippen LogP contribution in [0.4, 0.5) is 4.39 Å². The van der Waals surface area contributed by atoms with E-state index in [9.17, 15) is 19.1 Å². The van der Waals surface area contributed by atoms with Gasteiger partial charge in [0, 0.05) is 0 Å². The molecular formula is C16H21FO4. The summed E-state index contributed by atoms with van der Waals surface area (Å²) in [7, 11) is 0. The third-order valence-corrected chi connectivity index (χ3v) is 2.84. The highest BCUT2D eigenvalue weighted by atomic mass is 19.1. The van der Waals surface area contributed by atoms with E-state index in [1.165, 1.54) is 0 Å². The van der Waals surface area contributed by atoms with Crippen molar-refractivity contribution in [1.29, 1.82) is 0 Å². The van der Waals surface area contributed by atoms with Gasteiger partial charge in [-0.1, -0.05) is 24.3 Å². The van der Waals surface area contributed by atoms with E-state index in [1.54, 1.807) is 45.0 Å². The van der Waals surface area contributed by atoms with Crippen LogP contribution in [0.15, 0.2) is 24.3 Å². The summed E-state index contributed by atoms with van der Waals surface area (Å²) in [6.07, 6.45) is 0.0264. The second-order valence-corrected chi connectivity index (χ2v) is 5.98. The van der Waals surface area contributed by atoms with Gasteiger partial charge in [-0.15, -0.1) is 0 Å². The molecule has 1 N–H and O–H groups in total. The molecule has 0 aliphatic carbocycles. The van der Waals surface area contributed by atoms with Crippen molar-refractivity contribution in [3.63, 3.8) is 0 Å². The normalized spacial score (nSPS) is 12.8. The standard InChI is InChI=1S/C16H21FO4/c1-16(2,3)21-14(18)9-13(15(19)20)8-11-4-6-12(10-17)7-5-11/h4-7,13H,8-10H2,1-3H3,(H,19,20)/t13-/m1/s1. The van der Waals surface area contributed by atoms with Crippen LogP contribution in [0.3, 0.4) is 0 Å². The highest BCUT2D eigenvalue weighted by molar-refractivity contribution is 5.79. The molecule has 4 nitrogen and oxygen atoms in total. The molecule has 0 radical (unpaired) electrons. The number of carbonyl (C=O) groups is 2. The van der Waals surface area contributed by atoms with Gasteiger partial charge in [0.1, 0.15) is 12.3 Å². The number of aliphatic carboxylic acids is 1. The van der Waals surface area contributed by atoms with Crippen LogP contribution >= 0.6 is 0 Å². The third kappa shape index (κ3) is 6.38. The highest BCUT2D eigenvalue weighted by Crippen LogP contribution is 2.17. The number of esters is 1. The number of benzene rings is 1. The molecule has 0 bridgehead atoms. The highest BCUT2D eigenvalue weighted by Gasteiger charge is 2.25. The number of hydrogen-bond acceptors (Lipinski definition) is 3. The van der Waals surface area contributed by atoms with Crippen molar-refractivity contribution in [3.8, 4) is 0 Å². The quantitative estimate of drug-likeness (QED) is 0.819. The van der Waals surface area contributed by atoms with E-state index in [0.717, 1.165) is 5.56 Å². The third-order valence-electron chi connectivity index (χ3n) is 2.84. The second kappa shape index (κ2) is 7.20. The smallest absolute Gasteiger partial charge is 0.307 e. The SMILES string of the molecule is CC(C)(C)OC(=O)C[C@@H](Cc1ccc(CF)cc1)C(=O)O. The lowest BCUT2D eigenvalue weighted by Crippen LogP contribution is -2.28. The molecule has 0 fully saturated rings. The van der Waals surface area contributed by atoms with Crippen molar-refractivity contribution < 1.29 is 23.8 Å². The van der Waals surface area contributed by atoms with Crippen LogP contribution in [-0.4, -0.2) is 22.6 Å². The van der Waals surface area contributed by atoms with Crippen LogP contribution in [0.5, 0.6) is 0 Å². The summed E-state index contributed by atoms with van der Waals surface area (Å²) in [5.41, 5.74) is 0.657. The Labute approximate surface area is 123 Å². The summed E-state index contributed by atoms with van der Waals surface area (Å²) >= 11 is 0. The molecule has 1 aromatic rings. The maximum absolute atomic E-state index is 12.4. The number of carboxylic acids is 1. The lowest BCUT2D eigenvalue weighted by atomic mass is 9.95. The lowest BCUT2D eigenvalue weighted by Gasteiger charge is -2.21. The minimum Gasteiger partial charge on any atom is -0.481 e. The van der Waals surface area contributed by atoms with E-state index in [2.05, 4.69) is 0 Å². The molecule has 0 saturated carbocycles. The molecule has 0 aromatic heterocycles. The molecule has 1 rings (SSSR count). The molecule has 0 heterocycles. The Hall–Kier alpha value is -1.91. The Kier molecular flexibility index (Phi) is 5.88. The number of alkyl halides is 1. The van der Waals surface area contributed by atoms with Crippen molar-refractivity contribution in [2.45, 2.75) is 45.9 Å². The maximum atomic E-state index is 12.4.